The molecule has 29 heavy (non-hydrogen) atoms. The number of nitrogen functional groups attached to an aromatic ring is 1. The molecule has 0 bridgehead atoms. The highest BCUT2D eigenvalue weighted by Gasteiger charge is 2.22. The van der Waals surface area contributed by atoms with Gasteiger partial charge >= 0.3 is 0 Å². The molecule has 0 amide bonds. The summed E-state index contributed by atoms with van der Waals surface area (Å²) >= 11 is 0. The quantitative estimate of drug-likeness (QED) is 0.372. The van der Waals surface area contributed by atoms with E-state index in [0.29, 0.717) is 22.9 Å². The highest BCUT2D eigenvalue weighted by atomic mass is 15.3. The lowest BCUT2D eigenvalue weighted by Crippen LogP contribution is -2.50. The summed E-state index contributed by atoms with van der Waals surface area (Å²) in [6.07, 6.45) is 1.63. The van der Waals surface area contributed by atoms with Crippen molar-refractivity contribution in [2.24, 2.45) is 16.5 Å². The van der Waals surface area contributed by atoms with E-state index in [1.807, 2.05) is 13.0 Å². The van der Waals surface area contributed by atoms with Gasteiger partial charge in [-0.05, 0) is 33.2 Å². The van der Waals surface area contributed by atoms with Crippen LogP contribution in [0.5, 0.6) is 0 Å². The van der Waals surface area contributed by atoms with E-state index < -0.39 is 0 Å². The second kappa shape index (κ2) is 10.5. The highest BCUT2D eigenvalue weighted by Crippen LogP contribution is 2.12. The molecule has 8 nitrogen and oxygen atoms in total. The molecular formula is C21H32N8. The Kier molecular flexibility index (Phi) is 8.07. The highest BCUT2D eigenvalue weighted by molar-refractivity contribution is 6.03. The van der Waals surface area contributed by atoms with E-state index in [-0.39, 0.29) is 5.82 Å². The number of piperazine rings is 1. The Morgan fingerprint density at radius 1 is 1.24 bits per heavy atom. The van der Waals surface area contributed by atoms with Crippen LogP contribution in [0.15, 0.2) is 47.0 Å². The van der Waals surface area contributed by atoms with Crippen molar-refractivity contribution in [2.75, 3.05) is 59.1 Å². The Bertz CT molecular complexity index is 814. The molecule has 1 aromatic rings. The second-order valence-corrected chi connectivity index (χ2v) is 7.34. The summed E-state index contributed by atoms with van der Waals surface area (Å²) in [5.74, 6) is 7.58. The van der Waals surface area contributed by atoms with E-state index >= 15 is 0 Å². The zero-order chi connectivity index (χ0) is 21.4. The number of aliphatic imine (C=N–C) groups is 1. The molecule has 1 fully saturated rings. The lowest BCUT2D eigenvalue weighted by molar-refractivity contribution is 0.169. The van der Waals surface area contributed by atoms with Crippen molar-refractivity contribution in [1.82, 2.24) is 19.7 Å². The first-order chi connectivity index (χ1) is 13.8. The van der Waals surface area contributed by atoms with Gasteiger partial charge in [-0.25, -0.2) is 9.98 Å². The summed E-state index contributed by atoms with van der Waals surface area (Å²) in [5.41, 5.74) is 19.6. The monoisotopic (exact) mass is 396 g/mol. The van der Waals surface area contributed by atoms with Crippen LogP contribution in [0.25, 0.3) is 0 Å². The fraction of sp³-hybridized carbons (Fsp3) is 0.429. The van der Waals surface area contributed by atoms with Crippen molar-refractivity contribution in [3.8, 4) is 11.8 Å². The number of anilines is 1. The smallest absolute Gasteiger partial charge is 0.148 e. The molecule has 0 saturated carbocycles. The fourth-order valence-corrected chi connectivity index (χ4v) is 2.89. The summed E-state index contributed by atoms with van der Waals surface area (Å²) < 4.78 is 0. The van der Waals surface area contributed by atoms with E-state index in [1.165, 1.54) is 0 Å². The minimum atomic E-state index is 0.227. The first-order valence-corrected chi connectivity index (χ1v) is 9.61. The number of allylic oxidation sites excluding steroid dienone is 1. The molecule has 2 rings (SSSR count). The van der Waals surface area contributed by atoms with E-state index in [4.69, 9.17) is 17.2 Å². The second-order valence-electron chi connectivity index (χ2n) is 7.34. The molecule has 0 radical (unpaired) electrons. The van der Waals surface area contributed by atoms with Crippen molar-refractivity contribution < 1.29 is 0 Å². The number of hydrogen-bond donors (Lipinski definition) is 3. The van der Waals surface area contributed by atoms with Crippen LogP contribution in [-0.4, -0.2) is 78.9 Å². The van der Waals surface area contributed by atoms with Gasteiger partial charge in [0.05, 0.1) is 5.57 Å². The predicted molar refractivity (Wildman–Crippen MR) is 120 cm³/mol. The average molecular weight is 397 g/mol. The van der Waals surface area contributed by atoms with E-state index in [9.17, 15) is 0 Å². The number of hydrogen-bond acceptors (Lipinski definition) is 7. The fourth-order valence-electron chi connectivity index (χ4n) is 2.89. The third-order valence-corrected chi connectivity index (χ3v) is 4.52. The SMILES string of the molecule is C=C(N)/N=C(\C(C#Cc1ccc(N)nc1)=C(\C)N)N1CCN(CCN(C)C)CC1. The van der Waals surface area contributed by atoms with Crippen LogP contribution in [0.2, 0.25) is 0 Å². The van der Waals surface area contributed by atoms with Gasteiger partial charge in [0.15, 0.2) is 0 Å². The number of amidine groups is 1. The van der Waals surface area contributed by atoms with E-state index in [1.54, 1.807) is 12.3 Å². The van der Waals surface area contributed by atoms with Crippen molar-refractivity contribution in [2.45, 2.75) is 6.92 Å². The van der Waals surface area contributed by atoms with Gasteiger partial charge in [-0.1, -0.05) is 18.4 Å². The minimum Gasteiger partial charge on any atom is -0.401 e. The largest absolute Gasteiger partial charge is 0.401 e. The number of rotatable bonds is 5. The molecule has 1 aromatic heterocycles. The van der Waals surface area contributed by atoms with Gasteiger partial charge in [0.25, 0.3) is 0 Å². The van der Waals surface area contributed by atoms with Crippen LogP contribution in [0.1, 0.15) is 12.5 Å². The Hall–Kier alpha value is -3.02. The number of pyridine rings is 1. The molecule has 0 aromatic carbocycles. The third-order valence-electron chi connectivity index (χ3n) is 4.52. The zero-order valence-electron chi connectivity index (χ0n) is 17.6. The first-order valence-electron chi connectivity index (χ1n) is 9.61. The molecule has 1 aliphatic heterocycles. The van der Waals surface area contributed by atoms with Gasteiger partial charge in [-0.2, -0.15) is 0 Å². The maximum atomic E-state index is 6.16. The van der Waals surface area contributed by atoms with Gasteiger partial charge in [0.1, 0.15) is 17.5 Å². The lowest BCUT2D eigenvalue weighted by atomic mass is 10.1. The molecule has 6 N–H and O–H groups in total. The molecule has 0 atom stereocenters. The molecule has 1 aliphatic rings. The topological polar surface area (TPSA) is 113 Å². The Morgan fingerprint density at radius 3 is 2.45 bits per heavy atom. The van der Waals surface area contributed by atoms with Gasteiger partial charge in [-0.3, -0.25) is 4.90 Å². The molecule has 1 saturated heterocycles. The Labute approximate surface area is 173 Å². The van der Waals surface area contributed by atoms with Crippen molar-refractivity contribution in [1.29, 1.82) is 0 Å². The van der Waals surface area contributed by atoms with Crippen LogP contribution in [-0.2, 0) is 0 Å². The van der Waals surface area contributed by atoms with E-state index in [2.05, 4.69) is 57.2 Å². The standard InChI is InChI=1S/C21H32N8/c1-16(22)19(7-5-18-6-8-20(24)25-15-18)21(26-17(2)23)29-13-11-28(12-14-29)10-9-27(3)4/h6,8,15H,2,9-14,22-23H2,1,3-4H3,(H2,24,25)/b19-16-,26-21+. The average Bonchev–Trinajstić information content (AvgIpc) is 2.67. The van der Waals surface area contributed by atoms with Crippen LogP contribution in [0, 0.1) is 11.8 Å². The van der Waals surface area contributed by atoms with Gasteiger partial charge in [0.2, 0.25) is 0 Å². The van der Waals surface area contributed by atoms with Gasteiger partial charge in [0, 0.05) is 56.7 Å². The molecule has 156 valence electrons. The molecule has 8 heteroatoms. The molecule has 0 unspecified atom stereocenters. The van der Waals surface area contributed by atoms with Crippen LogP contribution in [0.3, 0.4) is 0 Å². The summed E-state index contributed by atoms with van der Waals surface area (Å²) in [6.45, 7) is 11.1. The maximum Gasteiger partial charge on any atom is 0.148 e. The molecule has 0 spiro atoms. The van der Waals surface area contributed by atoms with E-state index in [0.717, 1.165) is 44.8 Å². The predicted octanol–water partition coefficient (Wildman–Crippen LogP) is 0.256. The first kappa shape index (κ1) is 22.3. The summed E-state index contributed by atoms with van der Waals surface area (Å²) in [7, 11) is 4.18. The zero-order valence-corrected chi connectivity index (χ0v) is 17.6. The van der Waals surface area contributed by atoms with Crippen molar-refractivity contribution in [3.05, 3.63) is 47.6 Å². The third kappa shape index (κ3) is 7.14. The number of nitrogens with zero attached hydrogens (tertiary/aromatic N) is 5. The minimum absolute atomic E-state index is 0.227. The lowest BCUT2D eigenvalue weighted by Gasteiger charge is -2.37. The normalized spacial score (nSPS) is 16.3. The number of nitrogens with two attached hydrogens (primary N) is 3. The maximum absolute atomic E-state index is 6.16. The summed E-state index contributed by atoms with van der Waals surface area (Å²) in [4.78, 5) is 15.3. The van der Waals surface area contributed by atoms with Crippen molar-refractivity contribution >= 4 is 11.7 Å². The van der Waals surface area contributed by atoms with Crippen LogP contribution in [0.4, 0.5) is 5.82 Å². The molecular weight excluding hydrogens is 364 g/mol. The number of aromatic nitrogens is 1. The van der Waals surface area contributed by atoms with Crippen LogP contribution < -0.4 is 17.2 Å². The Balaban J connectivity index is 2.21. The van der Waals surface area contributed by atoms with Crippen LogP contribution >= 0.6 is 0 Å². The van der Waals surface area contributed by atoms with Gasteiger partial charge < -0.3 is 27.0 Å². The van der Waals surface area contributed by atoms with Crippen molar-refractivity contribution in [3.63, 3.8) is 0 Å². The molecule has 0 aliphatic carbocycles. The summed E-state index contributed by atoms with van der Waals surface area (Å²) in [6, 6.07) is 3.54. The molecule has 2 heterocycles. The summed E-state index contributed by atoms with van der Waals surface area (Å²) in [5, 5.41) is 0. The number of likely N-dealkylation sites (N-methyl/N-ethyl adjacent to an activating group) is 1. The van der Waals surface area contributed by atoms with Gasteiger partial charge in [-0.15, -0.1) is 0 Å². The Morgan fingerprint density at radius 2 is 1.93 bits per heavy atom.